The highest BCUT2D eigenvalue weighted by molar-refractivity contribution is 6.28. The van der Waals surface area contributed by atoms with Crippen molar-refractivity contribution < 1.29 is 13.9 Å². The Balaban J connectivity index is 1.87. The average Bonchev–Trinajstić information content (AvgIpc) is 2.51. The number of carbonyl (C=O) groups is 1. The average molecular weight is 314 g/mol. The standard InChI is InChI=1S/C14H17ClFN3O2/c1-21-13(20)10-7-2-4-8(5-3-7)11(10)18-12-9(16)6-17-14(15)19-12/h6-8,10-11H,2-5H2,1H3,(H,17,18,19)/t7?,8?,10-,11+/m0/s1. The van der Waals surface area contributed by atoms with Gasteiger partial charge in [-0.3, -0.25) is 4.79 Å². The Bertz CT molecular complexity index is 549. The van der Waals surface area contributed by atoms with Gasteiger partial charge in [0, 0.05) is 6.04 Å². The van der Waals surface area contributed by atoms with Gasteiger partial charge in [0.2, 0.25) is 5.28 Å². The van der Waals surface area contributed by atoms with Crippen LogP contribution in [0.25, 0.3) is 0 Å². The molecule has 114 valence electrons. The van der Waals surface area contributed by atoms with Gasteiger partial charge in [-0.1, -0.05) is 0 Å². The Labute approximate surface area is 127 Å². The molecule has 3 saturated carbocycles. The fourth-order valence-corrected chi connectivity index (χ4v) is 3.87. The minimum atomic E-state index is -0.565. The monoisotopic (exact) mass is 313 g/mol. The highest BCUT2D eigenvalue weighted by Gasteiger charge is 2.48. The zero-order valence-corrected chi connectivity index (χ0v) is 12.4. The predicted octanol–water partition coefficient (Wildman–Crippen LogP) is 2.66. The van der Waals surface area contributed by atoms with Crippen molar-refractivity contribution in [2.24, 2.45) is 17.8 Å². The van der Waals surface area contributed by atoms with Gasteiger partial charge in [-0.2, -0.15) is 4.98 Å². The molecule has 0 aliphatic heterocycles. The summed E-state index contributed by atoms with van der Waals surface area (Å²) in [5, 5.41) is 3.06. The van der Waals surface area contributed by atoms with Gasteiger partial charge in [0.25, 0.3) is 0 Å². The lowest BCUT2D eigenvalue weighted by Gasteiger charge is -2.47. The molecule has 5 nitrogen and oxygen atoms in total. The van der Waals surface area contributed by atoms with Gasteiger partial charge in [-0.15, -0.1) is 0 Å². The van der Waals surface area contributed by atoms with Crippen LogP contribution in [-0.4, -0.2) is 29.1 Å². The highest BCUT2D eigenvalue weighted by atomic mass is 35.5. The van der Waals surface area contributed by atoms with Crippen molar-refractivity contribution in [3.05, 3.63) is 17.3 Å². The van der Waals surface area contributed by atoms with Gasteiger partial charge < -0.3 is 10.1 Å². The second-order valence-corrected chi connectivity index (χ2v) is 6.07. The maximum Gasteiger partial charge on any atom is 0.311 e. The summed E-state index contributed by atoms with van der Waals surface area (Å²) in [6, 6.07) is -0.162. The molecule has 7 heteroatoms. The molecule has 0 spiro atoms. The molecular weight excluding hydrogens is 297 g/mol. The number of anilines is 1. The van der Waals surface area contributed by atoms with E-state index in [1.807, 2.05) is 0 Å². The van der Waals surface area contributed by atoms with Gasteiger partial charge in [0.1, 0.15) is 0 Å². The minimum Gasteiger partial charge on any atom is -0.469 e. The van der Waals surface area contributed by atoms with E-state index in [-0.39, 0.29) is 29.0 Å². The van der Waals surface area contributed by atoms with Gasteiger partial charge in [0.05, 0.1) is 19.2 Å². The van der Waals surface area contributed by atoms with Crippen molar-refractivity contribution in [2.75, 3.05) is 12.4 Å². The summed E-state index contributed by atoms with van der Waals surface area (Å²) in [5.74, 6) is -0.378. The molecular formula is C14H17ClFN3O2. The van der Waals surface area contributed by atoms with Crippen LogP contribution in [0.3, 0.4) is 0 Å². The Morgan fingerprint density at radius 2 is 2.05 bits per heavy atom. The van der Waals surface area contributed by atoms with Crippen molar-refractivity contribution >= 4 is 23.4 Å². The molecule has 2 bridgehead atoms. The molecule has 1 aromatic rings. The number of nitrogens with zero attached hydrogens (tertiary/aromatic N) is 2. The quantitative estimate of drug-likeness (QED) is 0.686. The van der Waals surface area contributed by atoms with E-state index in [0.29, 0.717) is 11.8 Å². The predicted molar refractivity (Wildman–Crippen MR) is 75.4 cm³/mol. The summed E-state index contributed by atoms with van der Waals surface area (Å²) >= 11 is 5.72. The molecule has 0 saturated heterocycles. The third-order valence-corrected chi connectivity index (χ3v) is 4.89. The van der Waals surface area contributed by atoms with E-state index in [2.05, 4.69) is 15.3 Å². The van der Waals surface area contributed by atoms with Crippen molar-refractivity contribution in [1.82, 2.24) is 9.97 Å². The SMILES string of the molecule is COC(=O)[C@H]1C2CCC(CC2)[C@H]1Nc1nc(Cl)ncc1F. The van der Waals surface area contributed by atoms with E-state index in [4.69, 9.17) is 16.3 Å². The van der Waals surface area contributed by atoms with Gasteiger partial charge >= 0.3 is 5.97 Å². The first-order valence-corrected chi connectivity index (χ1v) is 7.50. The fourth-order valence-electron chi connectivity index (χ4n) is 3.74. The number of aromatic nitrogens is 2. The van der Waals surface area contributed by atoms with Crippen LogP contribution in [0, 0.1) is 23.6 Å². The number of esters is 1. The summed E-state index contributed by atoms with van der Waals surface area (Å²) in [6.07, 6.45) is 5.16. The molecule has 3 aliphatic carbocycles. The Kier molecular flexibility index (Phi) is 3.97. The van der Waals surface area contributed by atoms with Crippen LogP contribution in [0.15, 0.2) is 6.20 Å². The summed E-state index contributed by atoms with van der Waals surface area (Å²) in [6.45, 7) is 0. The topological polar surface area (TPSA) is 64.1 Å². The minimum absolute atomic E-state index is 0.0190. The number of carbonyl (C=O) groups excluding carboxylic acids is 1. The molecule has 1 aromatic heterocycles. The normalized spacial score (nSPS) is 31.0. The molecule has 3 fully saturated rings. The number of rotatable bonds is 3. The molecule has 1 N–H and O–H groups in total. The first-order chi connectivity index (χ1) is 10.1. The zero-order chi connectivity index (χ0) is 15.0. The van der Waals surface area contributed by atoms with E-state index in [9.17, 15) is 9.18 Å². The van der Waals surface area contributed by atoms with Crippen molar-refractivity contribution in [3.63, 3.8) is 0 Å². The number of methoxy groups -OCH3 is 1. The van der Waals surface area contributed by atoms with Gasteiger partial charge in [-0.25, -0.2) is 9.37 Å². The highest BCUT2D eigenvalue weighted by Crippen LogP contribution is 2.46. The number of fused-ring (bicyclic) bond motifs is 3. The second-order valence-electron chi connectivity index (χ2n) is 5.73. The van der Waals surface area contributed by atoms with Crippen molar-refractivity contribution in [2.45, 2.75) is 31.7 Å². The van der Waals surface area contributed by atoms with Crippen LogP contribution in [0.2, 0.25) is 5.28 Å². The lowest BCUT2D eigenvalue weighted by atomic mass is 9.61. The maximum absolute atomic E-state index is 13.8. The number of hydrogen-bond acceptors (Lipinski definition) is 5. The van der Waals surface area contributed by atoms with Crippen LogP contribution in [-0.2, 0) is 9.53 Å². The summed E-state index contributed by atoms with van der Waals surface area (Å²) in [4.78, 5) is 19.6. The Morgan fingerprint density at radius 3 is 2.71 bits per heavy atom. The third kappa shape index (κ3) is 2.69. The van der Waals surface area contributed by atoms with Crippen LogP contribution in [0.4, 0.5) is 10.2 Å². The summed E-state index contributed by atoms with van der Waals surface area (Å²) in [7, 11) is 1.39. The molecule has 1 heterocycles. The van der Waals surface area contributed by atoms with Crippen LogP contribution in [0.5, 0.6) is 0 Å². The molecule has 4 rings (SSSR count). The van der Waals surface area contributed by atoms with Crippen LogP contribution in [0.1, 0.15) is 25.7 Å². The van der Waals surface area contributed by atoms with Gasteiger partial charge in [0.15, 0.2) is 11.6 Å². The number of ether oxygens (including phenoxy) is 1. The molecule has 0 aromatic carbocycles. The van der Waals surface area contributed by atoms with Gasteiger partial charge in [-0.05, 0) is 49.1 Å². The van der Waals surface area contributed by atoms with E-state index in [1.165, 1.54) is 7.11 Å². The molecule has 2 atom stereocenters. The smallest absolute Gasteiger partial charge is 0.311 e. The molecule has 0 amide bonds. The lowest BCUT2D eigenvalue weighted by Crippen LogP contribution is -2.52. The van der Waals surface area contributed by atoms with Crippen LogP contribution < -0.4 is 5.32 Å². The summed E-state index contributed by atoms with van der Waals surface area (Å²) < 4.78 is 18.7. The maximum atomic E-state index is 13.8. The zero-order valence-electron chi connectivity index (χ0n) is 11.7. The van der Waals surface area contributed by atoms with E-state index in [0.717, 1.165) is 31.9 Å². The number of hydrogen-bond donors (Lipinski definition) is 1. The van der Waals surface area contributed by atoms with Crippen molar-refractivity contribution in [1.29, 1.82) is 0 Å². The first kappa shape index (κ1) is 14.5. The Hall–Kier alpha value is -1.43. The molecule has 0 unspecified atom stereocenters. The Morgan fingerprint density at radius 1 is 1.38 bits per heavy atom. The first-order valence-electron chi connectivity index (χ1n) is 7.12. The van der Waals surface area contributed by atoms with E-state index in [1.54, 1.807) is 0 Å². The van der Waals surface area contributed by atoms with Crippen molar-refractivity contribution in [3.8, 4) is 0 Å². The lowest BCUT2D eigenvalue weighted by molar-refractivity contribution is -0.152. The fraction of sp³-hybridized carbons (Fsp3) is 0.643. The number of halogens is 2. The van der Waals surface area contributed by atoms with E-state index < -0.39 is 5.82 Å². The van der Waals surface area contributed by atoms with Crippen LogP contribution >= 0.6 is 11.6 Å². The summed E-state index contributed by atoms with van der Waals surface area (Å²) in [5.41, 5.74) is 0. The molecule has 21 heavy (non-hydrogen) atoms. The second kappa shape index (κ2) is 5.75. The largest absolute Gasteiger partial charge is 0.469 e. The molecule has 0 radical (unpaired) electrons. The molecule has 3 aliphatic rings. The number of nitrogens with one attached hydrogen (secondary N) is 1. The third-order valence-electron chi connectivity index (χ3n) is 4.71. The van der Waals surface area contributed by atoms with E-state index >= 15 is 0 Å².